The van der Waals surface area contributed by atoms with E-state index in [2.05, 4.69) is 0 Å². The van der Waals surface area contributed by atoms with Gasteiger partial charge in [-0.1, -0.05) is 55.8 Å². The van der Waals surface area contributed by atoms with Gasteiger partial charge in [0.2, 0.25) is 0 Å². The summed E-state index contributed by atoms with van der Waals surface area (Å²) in [6.45, 7) is 3.56. The van der Waals surface area contributed by atoms with Gasteiger partial charge in [-0.15, -0.1) is 0 Å². The largest absolute Gasteiger partial charge is 0.459 e. The van der Waals surface area contributed by atoms with Crippen molar-refractivity contribution in [1.29, 1.82) is 0 Å². The van der Waals surface area contributed by atoms with Crippen LogP contribution in [0.2, 0.25) is 0 Å². The normalized spacial score (nSPS) is 17.6. The van der Waals surface area contributed by atoms with Crippen molar-refractivity contribution in [2.45, 2.75) is 70.7 Å². The van der Waals surface area contributed by atoms with Gasteiger partial charge in [0.25, 0.3) is 5.69 Å². The first-order valence-electron chi connectivity index (χ1n) is 12.4. The van der Waals surface area contributed by atoms with Crippen molar-refractivity contribution in [3.63, 3.8) is 0 Å². The first-order chi connectivity index (χ1) is 17.8. The molecule has 1 aliphatic heterocycles. The Bertz CT molecular complexity index is 1120. The van der Waals surface area contributed by atoms with Crippen molar-refractivity contribution in [2.75, 3.05) is 0 Å². The second-order valence-corrected chi connectivity index (χ2v) is 9.09. The summed E-state index contributed by atoms with van der Waals surface area (Å²) >= 11 is 0. The molecule has 0 radical (unpaired) electrons. The number of ketones is 1. The van der Waals surface area contributed by atoms with Gasteiger partial charge in [0.15, 0.2) is 0 Å². The molecule has 2 aromatic carbocycles. The molecular weight excluding hydrogens is 476 g/mol. The fourth-order valence-electron chi connectivity index (χ4n) is 4.41. The molecule has 2 aromatic rings. The summed E-state index contributed by atoms with van der Waals surface area (Å²) in [5.41, 5.74) is 0.949. The van der Waals surface area contributed by atoms with Crippen LogP contribution in [0.1, 0.15) is 61.9 Å². The van der Waals surface area contributed by atoms with E-state index in [-0.39, 0.29) is 36.1 Å². The molecule has 1 heterocycles. The Morgan fingerprint density at radius 2 is 1.81 bits per heavy atom. The van der Waals surface area contributed by atoms with Gasteiger partial charge < -0.3 is 9.47 Å². The van der Waals surface area contributed by atoms with Crippen LogP contribution in [-0.2, 0) is 20.9 Å². The van der Waals surface area contributed by atoms with E-state index in [4.69, 9.17) is 9.47 Å². The monoisotopic (exact) mass is 508 g/mol. The molecule has 0 unspecified atom stereocenters. The van der Waals surface area contributed by atoms with Gasteiger partial charge in [-0.2, -0.15) is 0 Å². The molecule has 1 aliphatic rings. The number of benzene rings is 2. The smallest absolute Gasteiger partial charge is 0.410 e. The molecule has 0 spiro atoms. The van der Waals surface area contributed by atoms with Crippen LogP contribution >= 0.6 is 0 Å². The van der Waals surface area contributed by atoms with Crippen LogP contribution in [0.25, 0.3) is 0 Å². The summed E-state index contributed by atoms with van der Waals surface area (Å²) in [6.07, 6.45) is 5.15. The quantitative estimate of drug-likeness (QED) is 0.167. The Hall–Kier alpha value is -4.01. The number of carbonyl (C=O) groups excluding carboxylic acids is 3. The Balaban J connectivity index is 1.74. The summed E-state index contributed by atoms with van der Waals surface area (Å²) in [4.78, 5) is 49.9. The number of hydrogen-bond acceptors (Lipinski definition) is 7. The fourth-order valence-corrected chi connectivity index (χ4v) is 4.41. The molecular formula is C28H32N2O7. The van der Waals surface area contributed by atoms with E-state index in [0.717, 1.165) is 12.0 Å². The minimum atomic E-state index is -0.585. The van der Waals surface area contributed by atoms with Crippen molar-refractivity contribution >= 4 is 23.5 Å². The average molecular weight is 509 g/mol. The van der Waals surface area contributed by atoms with Crippen LogP contribution < -0.4 is 0 Å². The Morgan fingerprint density at radius 3 is 2.43 bits per heavy atom. The topological polar surface area (TPSA) is 116 Å². The number of amides is 1. The van der Waals surface area contributed by atoms with Crippen LogP contribution in [0, 0.1) is 10.1 Å². The number of rotatable bonds is 11. The number of nitro benzene ring substituents is 1. The van der Waals surface area contributed by atoms with Crippen molar-refractivity contribution in [3.05, 3.63) is 88.0 Å². The molecule has 9 heteroatoms. The first kappa shape index (κ1) is 27.6. The second-order valence-electron chi connectivity index (χ2n) is 9.09. The number of esters is 1. The molecule has 0 aromatic heterocycles. The SMILES string of the molecule is CCC[C@@H](C[C@H]1CC=C[C@@H](CC(C)=O)N1C(=O)OCc1ccccc1)OC(=O)c1ccc([N+](=O)[O-])cc1. The average Bonchev–Trinajstić information content (AvgIpc) is 2.88. The summed E-state index contributed by atoms with van der Waals surface area (Å²) in [5, 5.41) is 10.9. The lowest BCUT2D eigenvalue weighted by atomic mass is 9.94. The van der Waals surface area contributed by atoms with E-state index in [9.17, 15) is 24.5 Å². The number of nitro groups is 1. The molecule has 0 fully saturated rings. The number of nitrogens with zero attached hydrogens (tertiary/aromatic N) is 2. The third-order valence-corrected chi connectivity index (χ3v) is 6.16. The number of ether oxygens (including phenoxy) is 2. The molecule has 0 saturated heterocycles. The third kappa shape index (κ3) is 7.99. The van der Waals surface area contributed by atoms with Crippen molar-refractivity contribution in [2.24, 2.45) is 0 Å². The summed E-state index contributed by atoms with van der Waals surface area (Å²) in [5.74, 6) is -0.635. The minimum Gasteiger partial charge on any atom is -0.459 e. The Kier molecular flexibility index (Phi) is 9.94. The summed E-state index contributed by atoms with van der Waals surface area (Å²) < 4.78 is 11.4. The predicted molar refractivity (Wildman–Crippen MR) is 137 cm³/mol. The van der Waals surface area contributed by atoms with Crippen LogP contribution in [0.3, 0.4) is 0 Å². The summed E-state index contributed by atoms with van der Waals surface area (Å²) in [6, 6.07) is 13.8. The highest BCUT2D eigenvalue weighted by Crippen LogP contribution is 2.27. The Morgan fingerprint density at radius 1 is 1.11 bits per heavy atom. The van der Waals surface area contributed by atoms with E-state index < -0.39 is 29.1 Å². The number of non-ortho nitro benzene ring substituents is 1. The highest BCUT2D eigenvalue weighted by molar-refractivity contribution is 5.89. The molecule has 196 valence electrons. The van der Waals surface area contributed by atoms with Crippen molar-refractivity contribution < 1.29 is 28.8 Å². The zero-order chi connectivity index (χ0) is 26.8. The predicted octanol–water partition coefficient (Wildman–Crippen LogP) is 5.63. The second kappa shape index (κ2) is 13.3. The molecule has 3 rings (SSSR count). The van der Waals surface area contributed by atoms with E-state index in [1.54, 1.807) is 4.90 Å². The van der Waals surface area contributed by atoms with Crippen LogP contribution in [-0.4, -0.2) is 45.9 Å². The maximum absolute atomic E-state index is 13.2. The van der Waals surface area contributed by atoms with Gasteiger partial charge in [-0.25, -0.2) is 9.59 Å². The molecule has 0 saturated carbocycles. The van der Waals surface area contributed by atoms with Gasteiger partial charge in [0, 0.05) is 31.0 Å². The maximum Gasteiger partial charge on any atom is 0.410 e. The van der Waals surface area contributed by atoms with E-state index >= 15 is 0 Å². The number of hydrogen-bond donors (Lipinski definition) is 0. The zero-order valence-corrected chi connectivity index (χ0v) is 21.1. The van der Waals surface area contributed by atoms with Crippen LogP contribution in [0.4, 0.5) is 10.5 Å². The van der Waals surface area contributed by atoms with E-state index in [1.165, 1.54) is 31.2 Å². The number of Topliss-reactive ketones (excluding diaryl/α,β-unsaturated/α-hetero) is 1. The molecule has 0 N–H and O–H groups in total. The highest BCUT2D eigenvalue weighted by Gasteiger charge is 2.35. The maximum atomic E-state index is 13.2. The molecule has 1 amide bonds. The van der Waals surface area contributed by atoms with Crippen LogP contribution in [0.15, 0.2) is 66.7 Å². The van der Waals surface area contributed by atoms with Gasteiger partial charge in [0.05, 0.1) is 16.5 Å². The van der Waals surface area contributed by atoms with Gasteiger partial charge in [0.1, 0.15) is 18.5 Å². The molecule has 0 aliphatic carbocycles. The molecule has 0 bridgehead atoms. The zero-order valence-electron chi connectivity index (χ0n) is 21.1. The molecule has 37 heavy (non-hydrogen) atoms. The minimum absolute atomic E-state index is 0.0501. The molecule has 9 nitrogen and oxygen atoms in total. The lowest BCUT2D eigenvalue weighted by molar-refractivity contribution is -0.384. The standard InChI is InChI=1S/C28H32N2O7/c1-3-8-26(37-27(32)22-13-15-23(16-14-22)30(34)35)18-25-12-7-11-24(17-20(2)31)29(25)28(33)36-19-21-9-5-4-6-10-21/h4-7,9-11,13-16,24-26H,3,8,12,17-19H2,1-2H3/t24-,25+,26-/m0/s1. The lowest BCUT2D eigenvalue weighted by Gasteiger charge is -2.39. The highest BCUT2D eigenvalue weighted by atomic mass is 16.6. The van der Waals surface area contributed by atoms with Crippen LogP contribution in [0.5, 0.6) is 0 Å². The number of carbonyl (C=O) groups is 3. The summed E-state index contributed by atoms with van der Waals surface area (Å²) in [7, 11) is 0. The van der Waals surface area contributed by atoms with Crippen molar-refractivity contribution in [1.82, 2.24) is 4.90 Å². The third-order valence-electron chi connectivity index (χ3n) is 6.16. The first-order valence-corrected chi connectivity index (χ1v) is 12.4. The van der Waals surface area contributed by atoms with Crippen molar-refractivity contribution in [3.8, 4) is 0 Å². The van der Waals surface area contributed by atoms with Gasteiger partial charge in [-0.3, -0.25) is 19.8 Å². The Labute approximate surface area is 216 Å². The van der Waals surface area contributed by atoms with Gasteiger partial charge in [-0.05, 0) is 37.5 Å². The molecule has 3 atom stereocenters. The van der Waals surface area contributed by atoms with E-state index in [0.29, 0.717) is 19.3 Å². The van der Waals surface area contributed by atoms with E-state index in [1.807, 2.05) is 49.4 Å². The van der Waals surface area contributed by atoms with Gasteiger partial charge >= 0.3 is 12.1 Å². The fraction of sp³-hybridized carbons (Fsp3) is 0.393. The lowest BCUT2D eigenvalue weighted by Crippen LogP contribution is -2.50.